The van der Waals surface area contributed by atoms with E-state index < -0.39 is 12.0 Å². The number of H-pyrrole nitrogens is 1. The molecular formula is C26H21ClFN3O3. The number of methoxy groups -OCH3 is 1. The molecule has 2 N–H and O–H groups in total. The van der Waals surface area contributed by atoms with Gasteiger partial charge in [-0.2, -0.15) is 0 Å². The van der Waals surface area contributed by atoms with Crippen LogP contribution in [0.3, 0.4) is 0 Å². The minimum atomic E-state index is -0.542. The largest absolute Gasteiger partial charge is 0.465 e. The molecule has 6 nitrogen and oxygen atoms in total. The monoisotopic (exact) mass is 477 g/mol. The predicted molar refractivity (Wildman–Crippen MR) is 129 cm³/mol. The van der Waals surface area contributed by atoms with Gasteiger partial charge in [-0.15, -0.1) is 0 Å². The van der Waals surface area contributed by atoms with Crippen LogP contribution >= 0.6 is 11.6 Å². The number of halogens is 2. The van der Waals surface area contributed by atoms with E-state index in [2.05, 4.69) is 10.3 Å². The second-order valence-electron chi connectivity index (χ2n) is 8.07. The maximum absolute atomic E-state index is 13.7. The summed E-state index contributed by atoms with van der Waals surface area (Å²) in [7, 11) is 1.29. The average molecular weight is 478 g/mol. The number of rotatable bonds is 3. The normalized spacial score (nSPS) is 15.1. The molecule has 0 aliphatic carbocycles. The number of carbonyl (C=O) groups is 2. The molecule has 0 bridgehead atoms. The van der Waals surface area contributed by atoms with Gasteiger partial charge >= 0.3 is 12.0 Å². The van der Waals surface area contributed by atoms with Gasteiger partial charge in [-0.3, -0.25) is 0 Å². The first-order valence-electron chi connectivity index (χ1n) is 10.8. The standard InChI is InChI=1S/C26H21ClFN3O3/c1-34-25(32)19-4-2-3-5-21(19)30-26(33)31-13-12-18-20-14-16(27)8-11-22(20)29-23(18)24(31)15-6-9-17(28)10-7-15/h2-11,14,24,29H,12-13H2,1H3,(H,30,33)/t24-/m0/s1. The van der Waals surface area contributed by atoms with E-state index in [1.54, 1.807) is 41.3 Å². The second kappa shape index (κ2) is 8.83. The average Bonchev–Trinajstić information content (AvgIpc) is 3.21. The van der Waals surface area contributed by atoms with Crippen molar-refractivity contribution in [3.05, 3.63) is 100.0 Å². The van der Waals surface area contributed by atoms with Crippen LogP contribution in [0.1, 0.15) is 33.2 Å². The van der Waals surface area contributed by atoms with E-state index in [1.165, 1.54) is 19.2 Å². The Morgan fingerprint density at radius 1 is 1.12 bits per heavy atom. The SMILES string of the molecule is COC(=O)c1ccccc1NC(=O)N1CCc2c([nH]c3ccc(Cl)cc23)[C@@H]1c1ccc(F)cc1. The highest BCUT2D eigenvalue weighted by Gasteiger charge is 2.35. The Kier molecular flexibility index (Phi) is 5.71. The highest BCUT2D eigenvalue weighted by molar-refractivity contribution is 6.31. The molecule has 0 fully saturated rings. The van der Waals surface area contributed by atoms with Gasteiger partial charge in [0.25, 0.3) is 0 Å². The Morgan fingerprint density at radius 2 is 1.88 bits per heavy atom. The number of ether oxygens (including phenoxy) is 1. The molecule has 0 radical (unpaired) electrons. The third kappa shape index (κ3) is 3.88. The third-order valence-corrected chi connectivity index (χ3v) is 6.34. The number of para-hydroxylation sites is 1. The van der Waals surface area contributed by atoms with Crippen LogP contribution in [0.4, 0.5) is 14.9 Å². The van der Waals surface area contributed by atoms with Crippen molar-refractivity contribution in [3.8, 4) is 0 Å². The fourth-order valence-electron chi connectivity index (χ4n) is 4.54. The first kappa shape index (κ1) is 22.0. The summed E-state index contributed by atoms with van der Waals surface area (Å²) in [5.74, 6) is -0.898. The summed E-state index contributed by atoms with van der Waals surface area (Å²) in [6, 6.07) is 17.6. The quantitative estimate of drug-likeness (QED) is 0.359. The summed E-state index contributed by atoms with van der Waals surface area (Å²) in [4.78, 5) is 30.8. The van der Waals surface area contributed by atoms with Crippen molar-refractivity contribution in [3.63, 3.8) is 0 Å². The number of hydrogen-bond acceptors (Lipinski definition) is 3. The number of aromatic nitrogens is 1. The molecule has 1 aromatic heterocycles. The number of urea groups is 1. The number of fused-ring (bicyclic) bond motifs is 3. The molecule has 0 unspecified atom stereocenters. The summed E-state index contributed by atoms with van der Waals surface area (Å²) in [5.41, 5.74) is 4.22. The lowest BCUT2D eigenvalue weighted by atomic mass is 9.92. The van der Waals surface area contributed by atoms with Crippen molar-refractivity contribution < 1.29 is 18.7 Å². The molecule has 1 atom stereocenters. The number of carbonyl (C=O) groups excluding carboxylic acids is 2. The Morgan fingerprint density at radius 3 is 2.65 bits per heavy atom. The summed E-state index contributed by atoms with van der Waals surface area (Å²) in [6.07, 6.45) is 0.611. The summed E-state index contributed by atoms with van der Waals surface area (Å²) >= 11 is 6.24. The molecule has 1 aliphatic rings. The minimum Gasteiger partial charge on any atom is -0.465 e. The van der Waals surface area contributed by atoms with Crippen LogP contribution in [0.2, 0.25) is 5.02 Å². The van der Waals surface area contributed by atoms with Crippen LogP contribution in [0.5, 0.6) is 0 Å². The fraction of sp³-hybridized carbons (Fsp3) is 0.154. The first-order chi connectivity index (χ1) is 16.5. The molecule has 3 aromatic carbocycles. The van der Waals surface area contributed by atoms with Gasteiger partial charge in [-0.05, 0) is 60.0 Å². The van der Waals surface area contributed by atoms with Crippen molar-refractivity contribution in [2.75, 3.05) is 19.0 Å². The molecule has 172 valence electrons. The molecule has 34 heavy (non-hydrogen) atoms. The van der Waals surface area contributed by atoms with E-state index in [9.17, 15) is 14.0 Å². The summed E-state index contributed by atoms with van der Waals surface area (Å²) in [5, 5.41) is 4.49. The Bertz CT molecular complexity index is 1400. The van der Waals surface area contributed by atoms with Crippen molar-refractivity contribution in [2.45, 2.75) is 12.5 Å². The van der Waals surface area contributed by atoms with Gasteiger partial charge in [-0.25, -0.2) is 14.0 Å². The molecule has 4 aromatic rings. The van der Waals surface area contributed by atoms with E-state index in [1.807, 2.05) is 18.2 Å². The fourth-order valence-corrected chi connectivity index (χ4v) is 4.71. The van der Waals surface area contributed by atoms with E-state index >= 15 is 0 Å². The molecule has 0 spiro atoms. The van der Waals surface area contributed by atoms with Crippen molar-refractivity contribution >= 4 is 40.2 Å². The van der Waals surface area contributed by atoms with Crippen molar-refractivity contribution in [1.82, 2.24) is 9.88 Å². The van der Waals surface area contributed by atoms with Crippen LogP contribution in [0.25, 0.3) is 10.9 Å². The summed E-state index contributed by atoms with van der Waals surface area (Å²) in [6.45, 7) is 0.417. The molecule has 0 saturated carbocycles. The summed E-state index contributed by atoms with van der Waals surface area (Å²) < 4.78 is 18.5. The number of esters is 1. The van der Waals surface area contributed by atoms with Gasteiger partial charge in [0.15, 0.2) is 0 Å². The minimum absolute atomic E-state index is 0.259. The predicted octanol–water partition coefficient (Wildman–Crippen LogP) is 5.93. The maximum atomic E-state index is 13.7. The van der Waals surface area contributed by atoms with Gasteiger partial charge in [0.05, 0.1) is 24.4 Å². The smallest absolute Gasteiger partial charge is 0.339 e. The number of aromatic amines is 1. The molecule has 5 rings (SSSR count). The number of nitrogens with zero attached hydrogens (tertiary/aromatic N) is 1. The van der Waals surface area contributed by atoms with Gasteiger partial charge in [-0.1, -0.05) is 35.9 Å². The first-order valence-corrected chi connectivity index (χ1v) is 11.1. The lowest BCUT2D eigenvalue weighted by molar-refractivity contribution is 0.0602. The van der Waals surface area contributed by atoms with Crippen molar-refractivity contribution in [1.29, 1.82) is 0 Å². The number of amides is 2. The van der Waals surface area contributed by atoms with Gasteiger partial charge in [0.2, 0.25) is 0 Å². The Balaban J connectivity index is 1.57. The van der Waals surface area contributed by atoms with Crippen LogP contribution in [-0.2, 0) is 11.2 Å². The van der Waals surface area contributed by atoms with Crippen molar-refractivity contribution in [2.24, 2.45) is 0 Å². The zero-order valence-electron chi connectivity index (χ0n) is 18.3. The van der Waals surface area contributed by atoms with E-state index in [0.29, 0.717) is 23.7 Å². The molecule has 0 saturated heterocycles. The van der Waals surface area contributed by atoms with Crippen LogP contribution in [0.15, 0.2) is 66.7 Å². The van der Waals surface area contributed by atoms with E-state index in [0.717, 1.165) is 27.7 Å². The van der Waals surface area contributed by atoms with Gasteiger partial charge in [0.1, 0.15) is 5.82 Å². The molecule has 2 heterocycles. The number of hydrogen-bond donors (Lipinski definition) is 2. The van der Waals surface area contributed by atoms with Gasteiger partial charge < -0.3 is 19.9 Å². The van der Waals surface area contributed by atoms with Gasteiger partial charge in [0, 0.05) is 28.2 Å². The van der Waals surface area contributed by atoms with E-state index in [4.69, 9.17) is 16.3 Å². The highest BCUT2D eigenvalue weighted by Crippen LogP contribution is 2.39. The van der Waals surface area contributed by atoms with Crippen LogP contribution in [-0.4, -0.2) is 35.5 Å². The molecule has 1 aliphatic heterocycles. The molecule has 2 amide bonds. The number of nitrogens with one attached hydrogen (secondary N) is 2. The number of anilines is 1. The highest BCUT2D eigenvalue weighted by atomic mass is 35.5. The Labute approximate surface area is 200 Å². The molecule has 8 heteroatoms. The zero-order chi connectivity index (χ0) is 23.8. The van der Waals surface area contributed by atoms with Crippen LogP contribution < -0.4 is 5.32 Å². The maximum Gasteiger partial charge on any atom is 0.339 e. The second-order valence-corrected chi connectivity index (χ2v) is 8.51. The molecular weight excluding hydrogens is 457 g/mol. The number of benzene rings is 3. The topological polar surface area (TPSA) is 74.4 Å². The Hall–Kier alpha value is -3.84. The lowest BCUT2D eigenvalue weighted by Crippen LogP contribution is -2.43. The lowest BCUT2D eigenvalue weighted by Gasteiger charge is -2.36. The van der Waals surface area contributed by atoms with E-state index in [-0.39, 0.29) is 17.4 Å². The zero-order valence-corrected chi connectivity index (χ0v) is 19.0. The van der Waals surface area contributed by atoms with Crippen LogP contribution in [0, 0.1) is 5.82 Å². The third-order valence-electron chi connectivity index (χ3n) is 6.11.